The zero-order chi connectivity index (χ0) is 16.7. The molecule has 0 unspecified atom stereocenters. The Kier molecular flexibility index (Phi) is 4.38. The highest BCUT2D eigenvalue weighted by Crippen LogP contribution is 2.46. The molecule has 4 rings (SSSR count). The molecule has 3 aliphatic heterocycles. The van der Waals surface area contributed by atoms with Crippen LogP contribution in [-0.4, -0.2) is 51.6 Å². The second-order valence-electron chi connectivity index (χ2n) is 6.60. The Balaban J connectivity index is 1.70. The van der Waals surface area contributed by atoms with Crippen LogP contribution < -0.4 is 9.80 Å². The third-order valence-electron chi connectivity index (χ3n) is 4.91. The number of hydrogen-bond acceptors (Lipinski definition) is 4. The van der Waals surface area contributed by atoms with Gasteiger partial charge in [-0.25, -0.2) is 0 Å². The van der Waals surface area contributed by atoms with Crippen molar-refractivity contribution in [2.24, 2.45) is 0 Å². The summed E-state index contributed by atoms with van der Waals surface area (Å²) < 4.78 is 18.4. The number of nitrogens with one attached hydrogen (secondary N) is 1. The minimum absolute atomic E-state index is 0.00906. The molecule has 2 atom stereocenters. The molecule has 1 aromatic carbocycles. The van der Waals surface area contributed by atoms with Crippen molar-refractivity contribution in [1.82, 2.24) is 0 Å². The van der Waals surface area contributed by atoms with Crippen molar-refractivity contribution < 1.29 is 23.9 Å². The Labute approximate surface area is 149 Å². The van der Waals surface area contributed by atoms with Crippen LogP contribution in [0, 0.1) is 0 Å². The summed E-state index contributed by atoms with van der Waals surface area (Å²) in [7, 11) is 0. The van der Waals surface area contributed by atoms with Crippen LogP contribution in [0.4, 0.5) is 5.69 Å². The third-order valence-corrected chi connectivity index (χ3v) is 5.40. The van der Waals surface area contributed by atoms with Crippen molar-refractivity contribution >= 4 is 27.5 Å². The Morgan fingerprint density at radius 1 is 1.33 bits per heavy atom. The lowest BCUT2D eigenvalue weighted by molar-refractivity contribution is -0.906. The number of fused-ring (bicyclic) bond motifs is 2. The molecular formula is C17H22BrN2O4+. The first-order chi connectivity index (χ1) is 11.6. The predicted molar refractivity (Wildman–Crippen MR) is 90.8 cm³/mol. The van der Waals surface area contributed by atoms with E-state index in [1.54, 1.807) is 0 Å². The van der Waals surface area contributed by atoms with Crippen LogP contribution in [-0.2, 0) is 24.8 Å². The number of morpholine rings is 1. The number of amides is 1. The van der Waals surface area contributed by atoms with Crippen molar-refractivity contribution in [3.05, 3.63) is 28.2 Å². The van der Waals surface area contributed by atoms with Gasteiger partial charge in [0, 0.05) is 10.0 Å². The number of carbonyl (C=O) groups is 1. The number of quaternary nitrogens is 1. The standard InChI is InChI=1S/C17H21BrN2O4/c1-12-4-7-23-17(24-12)14-10-13(18)2-3-15(14)20(16(17)21)11-19-5-8-22-9-6-19/h2-3,10,12H,4-9,11H2,1H3/p+1/t12-,17-/m1/s1. The van der Waals surface area contributed by atoms with Gasteiger partial charge in [0.05, 0.1) is 31.6 Å². The summed E-state index contributed by atoms with van der Waals surface area (Å²) in [6.07, 6.45) is 0.790. The third kappa shape index (κ3) is 2.68. The summed E-state index contributed by atoms with van der Waals surface area (Å²) in [6.45, 7) is 6.41. The van der Waals surface area contributed by atoms with Crippen LogP contribution in [0.15, 0.2) is 22.7 Å². The van der Waals surface area contributed by atoms with E-state index in [1.807, 2.05) is 30.0 Å². The summed E-state index contributed by atoms with van der Waals surface area (Å²) in [5.74, 6) is -1.40. The van der Waals surface area contributed by atoms with Crippen molar-refractivity contribution in [2.45, 2.75) is 25.2 Å². The number of hydrogen-bond donors (Lipinski definition) is 1. The van der Waals surface area contributed by atoms with Gasteiger partial charge in [-0.05, 0) is 31.5 Å². The average Bonchev–Trinajstić information content (AvgIpc) is 2.78. The average molecular weight is 398 g/mol. The van der Waals surface area contributed by atoms with Crippen molar-refractivity contribution in [2.75, 3.05) is 44.5 Å². The molecule has 130 valence electrons. The molecule has 24 heavy (non-hydrogen) atoms. The van der Waals surface area contributed by atoms with Gasteiger partial charge in [-0.2, -0.15) is 0 Å². The molecule has 1 spiro atoms. The van der Waals surface area contributed by atoms with Crippen LogP contribution in [0.2, 0.25) is 0 Å². The number of nitrogens with zero attached hydrogens (tertiary/aromatic N) is 1. The summed E-state index contributed by atoms with van der Waals surface area (Å²) in [5, 5.41) is 0. The van der Waals surface area contributed by atoms with Gasteiger partial charge in [-0.1, -0.05) is 15.9 Å². The zero-order valence-electron chi connectivity index (χ0n) is 13.7. The number of carbonyl (C=O) groups excluding carboxylic acids is 1. The fourth-order valence-electron chi connectivity index (χ4n) is 3.61. The molecule has 3 aliphatic rings. The molecule has 1 N–H and O–H groups in total. The fraction of sp³-hybridized carbons (Fsp3) is 0.588. The second kappa shape index (κ2) is 6.38. The van der Waals surface area contributed by atoms with Crippen molar-refractivity contribution in [3.63, 3.8) is 0 Å². The van der Waals surface area contributed by atoms with E-state index >= 15 is 0 Å². The van der Waals surface area contributed by atoms with Crippen LogP contribution in [0.25, 0.3) is 0 Å². The first-order valence-corrected chi connectivity index (χ1v) is 9.24. The number of ether oxygens (including phenoxy) is 3. The maximum Gasteiger partial charge on any atom is 0.296 e. The van der Waals surface area contributed by atoms with Gasteiger partial charge in [0.2, 0.25) is 0 Å². The van der Waals surface area contributed by atoms with Gasteiger partial charge in [0.25, 0.3) is 11.7 Å². The predicted octanol–water partition coefficient (Wildman–Crippen LogP) is 0.647. The summed E-state index contributed by atoms with van der Waals surface area (Å²) >= 11 is 3.51. The summed E-state index contributed by atoms with van der Waals surface area (Å²) in [6, 6.07) is 5.87. The van der Waals surface area contributed by atoms with Gasteiger partial charge in [0.1, 0.15) is 13.1 Å². The van der Waals surface area contributed by atoms with Gasteiger partial charge >= 0.3 is 0 Å². The molecule has 0 bridgehead atoms. The number of benzene rings is 1. The minimum Gasteiger partial charge on any atom is -0.370 e. The molecule has 1 amide bonds. The van der Waals surface area contributed by atoms with Crippen LogP contribution in [0.3, 0.4) is 0 Å². The molecule has 2 saturated heterocycles. The molecule has 1 aromatic rings. The summed E-state index contributed by atoms with van der Waals surface area (Å²) in [4.78, 5) is 16.4. The van der Waals surface area contributed by atoms with E-state index in [2.05, 4.69) is 15.9 Å². The maximum absolute atomic E-state index is 13.3. The Morgan fingerprint density at radius 3 is 2.88 bits per heavy atom. The highest BCUT2D eigenvalue weighted by Gasteiger charge is 2.56. The maximum atomic E-state index is 13.3. The van der Waals surface area contributed by atoms with Crippen LogP contribution in [0.5, 0.6) is 0 Å². The quantitative estimate of drug-likeness (QED) is 0.795. The largest absolute Gasteiger partial charge is 0.370 e. The van der Waals surface area contributed by atoms with E-state index in [9.17, 15) is 4.79 Å². The zero-order valence-corrected chi connectivity index (χ0v) is 15.3. The van der Waals surface area contributed by atoms with E-state index in [0.29, 0.717) is 13.3 Å². The van der Waals surface area contributed by atoms with Gasteiger partial charge in [0.15, 0.2) is 6.67 Å². The van der Waals surface area contributed by atoms with E-state index in [4.69, 9.17) is 14.2 Å². The Hall–Kier alpha value is -0.990. The minimum atomic E-state index is -1.29. The molecule has 0 aromatic heterocycles. The molecule has 6 nitrogen and oxygen atoms in total. The number of halogens is 1. The lowest BCUT2D eigenvalue weighted by Crippen LogP contribution is -3.15. The van der Waals surface area contributed by atoms with Gasteiger partial charge in [-0.3, -0.25) is 9.69 Å². The highest BCUT2D eigenvalue weighted by molar-refractivity contribution is 9.10. The second-order valence-corrected chi connectivity index (χ2v) is 7.51. The first kappa shape index (κ1) is 16.5. The summed E-state index contributed by atoms with van der Waals surface area (Å²) in [5.41, 5.74) is 1.69. The highest BCUT2D eigenvalue weighted by atomic mass is 79.9. The van der Waals surface area contributed by atoms with E-state index in [1.165, 1.54) is 4.90 Å². The molecular weight excluding hydrogens is 376 g/mol. The first-order valence-electron chi connectivity index (χ1n) is 8.45. The molecule has 0 radical (unpaired) electrons. The van der Waals surface area contributed by atoms with Crippen LogP contribution >= 0.6 is 15.9 Å². The number of rotatable bonds is 2. The molecule has 3 heterocycles. The lowest BCUT2D eigenvalue weighted by atomic mass is 10.1. The van der Waals surface area contributed by atoms with E-state index < -0.39 is 5.79 Å². The van der Waals surface area contributed by atoms with Gasteiger partial charge < -0.3 is 19.1 Å². The fourth-order valence-corrected chi connectivity index (χ4v) is 3.97. The normalized spacial score (nSPS) is 30.8. The number of anilines is 1. The van der Waals surface area contributed by atoms with E-state index in [0.717, 1.165) is 48.4 Å². The SMILES string of the molecule is C[C@@H]1CCO[C@]2(O1)C(=O)N(C[NH+]1CCOCC1)c1ccc(Br)cc12. The van der Waals surface area contributed by atoms with E-state index in [-0.39, 0.29) is 12.0 Å². The van der Waals surface area contributed by atoms with Crippen molar-refractivity contribution in [1.29, 1.82) is 0 Å². The molecule has 0 aliphatic carbocycles. The molecule has 2 fully saturated rings. The molecule has 7 heteroatoms. The Bertz CT molecular complexity index is 649. The smallest absolute Gasteiger partial charge is 0.296 e. The monoisotopic (exact) mass is 397 g/mol. The Morgan fingerprint density at radius 2 is 2.12 bits per heavy atom. The van der Waals surface area contributed by atoms with Crippen molar-refractivity contribution in [3.8, 4) is 0 Å². The topological polar surface area (TPSA) is 52.4 Å². The van der Waals surface area contributed by atoms with Crippen LogP contribution in [0.1, 0.15) is 18.9 Å². The van der Waals surface area contributed by atoms with Gasteiger partial charge in [-0.15, -0.1) is 0 Å². The lowest BCUT2D eigenvalue weighted by Gasteiger charge is -2.36. The molecule has 0 saturated carbocycles.